The molecule has 1 rings (SSSR count). The van der Waals surface area contributed by atoms with Crippen molar-refractivity contribution in [2.45, 2.75) is 5.92 Å². The van der Waals surface area contributed by atoms with Crippen molar-refractivity contribution in [2.24, 2.45) is 5.73 Å². The van der Waals surface area contributed by atoms with E-state index >= 15 is 0 Å². The van der Waals surface area contributed by atoms with E-state index < -0.39 is 30.5 Å². The van der Waals surface area contributed by atoms with Gasteiger partial charge in [-0.3, -0.25) is 9.59 Å². The zero-order chi connectivity index (χ0) is 12.2. The van der Waals surface area contributed by atoms with Gasteiger partial charge < -0.3 is 16.0 Å². The van der Waals surface area contributed by atoms with E-state index in [-0.39, 0.29) is 18.0 Å². The Morgan fingerprint density at radius 2 is 2.18 bits per heavy atom. The maximum atomic E-state index is 12.7. The van der Waals surface area contributed by atoms with Crippen LogP contribution < -0.4 is 16.6 Å². The summed E-state index contributed by atoms with van der Waals surface area (Å²) < 4.78 is 25.4. The summed E-state index contributed by atoms with van der Waals surface area (Å²) in [5, 5.41) is 2.00. The lowest BCUT2D eigenvalue weighted by Gasteiger charge is -2.14. The fourth-order valence-corrected chi connectivity index (χ4v) is 0.970. The predicted octanol–water partition coefficient (Wildman–Crippen LogP) is 0.120. The Morgan fingerprint density at radius 3 is 2.71 bits per heavy atom. The van der Waals surface area contributed by atoms with Crippen LogP contribution >= 0.6 is 12.4 Å². The van der Waals surface area contributed by atoms with Crippen molar-refractivity contribution >= 4 is 18.3 Å². The lowest BCUT2D eigenvalue weighted by atomic mass is 10.2. The quantitative estimate of drug-likeness (QED) is 0.724. The average molecular weight is 268 g/mol. The second-order valence-corrected chi connectivity index (χ2v) is 3.18. The Labute approximate surface area is 102 Å². The van der Waals surface area contributed by atoms with Crippen LogP contribution in [-0.4, -0.2) is 29.9 Å². The lowest BCUT2D eigenvalue weighted by Crippen LogP contribution is -2.41. The van der Waals surface area contributed by atoms with E-state index in [0.717, 1.165) is 6.07 Å². The molecule has 0 saturated heterocycles. The summed E-state index contributed by atoms with van der Waals surface area (Å²) in [6.07, 6.45) is 1.26. The number of hydrogen-bond acceptors (Lipinski definition) is 3. The van der Waals surface area contributed by atoms with Crippen LogP contribution in [0.15, 0.2) is 23.1 Å². The Morgan fingerprint density at radius 1 is 1.53 bits per heavy atom. The number of halogens is 3. The van der Waals surface area contributed by atoms with E-state index in [4.69, 9.17) is 5.73 Å². The molecule has 0 aliphatic rings. The molecule has 0 aromatic carbocycles. The van der Waals surface area contributed by atoms with Gasteiger partial charge in [-0.25, -0.2) is 8.78 Å². The first-order valence-electron chi connectivity index (χ1n) is 4.49. The smallest absolute Gasteiger partial charge is 0.277 e. The van der Waals surface area contributed by atoms with Gasteiger partial charge >= 0.3 is 0 Å². The third-order valence-electron chi connectivity index (χ3n) is 1.84. The van der Waals surface area contributed by atoms with E-state index in [1.165, 1.54) is 12.3 Å². The molecule has 0 spiro atoms. The molecule has 5 nitrogen and oxygen atoms in total. The van der Waals surface area contributed by atoms with E-state index in [0.29, 0.717) is 0 Å². The van der Waals surface area contributed by atoms with Crippen molar-refractivity contribution in [3.63, 3.8) is 0 Å². The minimum Gasteiger partial charge on any atom is -0.346 e. The number of alkyl halides is 2. The van der Waals surface area contributed by atoms with Gasteiger partial charge in [0, 0.05) is 17.8 Å². The molecule has 1 aromatic rings. The molecule has 0 unspecified atom stereocenters. The maximum Gasteiger partial charge on any atom is 0.277 e. The van der Waals surface area contributed by atoms with Gasteiger partial charge in [0.15, 0.2) is 0 Å². The van der Waals surface area contributed by atoms with Crippen molar-refractivity contribution in [3.8, 4) is 0 Å². The average Bonchev–Trinajstić information content (AvgIpc) is 2.26. The summed E-state index contributed by atoms with van der Waals surface area (Å²) in [5.74, 6) is -3.88. The first kappa shape index (κ1) is 15.5. The number of carbonyl (C=O) groups is 1. The van der Waals surface area contributed by atoms with Crippen molar-refractivity contribution in [1.82, 2.24) is 10.3 Å². The highest BCUT2D eigenvalue weighted by Gasteiger charge is 2.27. The summed E-state index contributed by atoms with van der Waals surface area (Å²) in [5.41, 5.74) is 4.35. The number of amides is 1. The molecule has 1 aromatic heterocycles. The highest BCUT2D eigenvalue weighted by atomic mass is 35.5. The number of carbonyl (C=O) groups excluding carboxylic acids is 1. The first-order valence-corrected chi connectivity index (χ1v) is 4.49. The number of hydrogen-bond donors (Lipinski definition) is 3. The second kappa shape index (κ2) is 6.31. The molecule has 0 atom stereocenters. The number of nitrogens with one attached hydrogen (secondary N) is 2. The van der Waals surface area contributed by atoms with Crippen LogP contribution in [0.3, 0.4) is 0 Å². The van der Waals surface area contributed by atoms with Crippen molar-refractivity contribution < 1.29 is 13.6 Å². The third kappa shape index (κ3) is 4.92. The Balaban J connectivity index is 0.00000256. The van der Waals surface area contributed by atoms with Gasteiger partial charge in [-0.05, 0) is 6.07 Å². The normalized spacial score (nSPS) is 10.5. The monoisotopic (exact) mass is 267 g/mol. The molecule has 1 amide bonds. The lowest BCUT2D eigenvalue weighted by molar-refractivity contribution is 0.0118. The van der Waals surface area contributed by atoms with Gasteiger partial charge in [0.05, 0.1) is 13.1 Å². The highest BCUT2D eigenvalue weighted by molar-refractivity contribution is 5.93. The number of H-pyrrole nitrogens is 1. The summed E-state index contributed by atoms with van der Waals surface area (Å²) >= 11 is 0. The molecule has 0 bridgehead atoms. The van der Waals surface area contributed by atoms with Gasteiger partial charge in [-0.15, -0.1) is 12.4 Å². The summed E-state index contributed by atoms with van der Waals surface area (Å²) in [4.78, 5) is 24.5. The van der Waals surface area contributed by atoms with Gasteiger partial charge in [0.25, 0.3) is 11.8 Å². The van der Waals surface area contributed by atoms with E-state index in [2.05, 4.69) is 4.98 Å². The van der Waals surface area contributed by atoms with Crippen LogP contribution in [0.4, 0.5) is 8.78 Å². The fourth-order valence-electron chi connectivity index (χ4n) is 0.970. The first-order chi connectivity index (χ1) is 7.44. The standard InChI is InChI=1S/C9H11F2N3O2.ClH/c10-9(11,4-12)5-14-8(16)6-1-2-13-7(15)3-6;/h1-3H,4-5,12H2,(H,13,15)(H,14,16);1H. The number of aromatic nitrogens is 1. The third-order valence-corrected chi connectivity index (χ3v) is 1.84. The van der Waals surface area contributed by atoms with Gasteiger partial charge in [-0.1, -0.05) is 0 Å². The van der Waals surface area contributed by atoms with Crippen LogP contribution in [0, 0.1) is 0 Å². The molecule has 0 aliphatic heterocycles. The number of rotatable bonds is 4. The molecule has 8 heteroatoms. The summed E-state index contributed by atoms with van der Waals surface area (Å²) in [6, 6.07) is 2.34. The van der Waals surface area contributed by atoms with Crippen molar-refractivity contribution in [1.29, 1.82) is 0 Å². The van der Waals surface area contributed by atoms with Crippen LogP contribution in [0.25, 0.3) is 0 Å². The molecule has 0 fully saturated rings. The van der Waals surface area contributed by atoms with Crippen molar-refractivity contribution in [2.75, 3.05) is 13.1 Å². The molecular weight excluding hydrogens is 256 g/mol. The van der Waals surface area contributed by atoms with Crippen LogP contribution in [0.1, 0.15) is 10.4 Å². The molecule has 17 heavy (non-hydrogen) atoms. The molecule has 0 saturated carbocycles. The molecule has 1 heterocycles. The second-order valence-electron chi connectivity index (χ2n) is 3.18. The fraction of sp³-hybridized carbons (Fsp3) is 0.333. The SMILES string of the molecule is Cl.NCC(F)(F)CNC(=O)c1cc[nH]c(=O)c1. The summed E-state index contributed by atoms with van der Waals surface area (Å²) in [6.45, 7) is -1.70. The molecular formula is C9H12ClF2N3O2. The Kier molecular flexibility index (Phi) is 5.77. The number of aromatic amines is 1. The highest BCUT2D eigenvalue weighted by Crippen LogP contribution is 2.08. The van der Waals surface area contributed by atoms with Crippen molar-refractivity contribution in [3.05, 3.63) is 34.2 Å². The van der Waals surface area contributed by atoms with Gasteiger partial charge in [0.2, 0.25) is 5.56 Å². The Hall–Kier alpha value is -1.47. The Bertz CT molecular complexity index is 436. The minimum atomic E-state index is -3.14. The van der Waals surface area contributed by atoms with Crippen LogP contribution in [-0.2, 0) is 0 Å². The van der Waals surface area contributed by atoms with Gasteiger partial charge in [0.1, 0.15) is 0 Å². The molecule has 4 N–H and O–H groups in total. The molecule has 0 aliphatic carbocycles. The topological polar surface area (TPSA) is 88.0 Å². The molecule has 0 radical (unpaired) electrons. The van der Waals surface area contributed by atoms with Gasteiger partial charge in [-0.2, -0.15) is 0 Å². The predicted molar refractivity (Wildman–Crippen MR) is 60.6 cm³/mol. The minimum absolute atomic E-state index is 0. The number of nitrogens with two attached hydrogens (primary N) is 1. The summed E-state index contributed by atoms with van der Waals surface area (Å²) in [7, 11) is 0. The van der Waals surface area contributed by atoms with Crippen LogP contribution in [0.2, 0.25) is 0 Å². The zero-order valence-electron chi connectivity index (χ0n) is 8.70. The largest absolute Gasteiger partial charge is 0.346 e. The van der Waals surface area contributed by atoms with Crippen LogP contribution in [0.5, 0.6) is 0 Å². The van der Waals surface area contributed by atoms with E-state index in [1.807, 2.05) is 5.32 Å². The van der Waals surface area contributed by atoms with E-state index in [9.17, 15) is 18.4 Å². The maximum absolute atomic E-state index is 12.7. The zero-order valence-corrected chi connectivity index (χ0v) is 9.52. The molecule has 96 valence electrons. The number of pyridine rings is 1. The van der Waals surface area contributed by atoms with E-state index in [1.54, 1.807) is 0 Å².